The monoisotopic (exact) mass is 380 g/mol. The van der Waals surface area contributed by atoms with Crippen molar-refractivity contribution >= 4 is 11.9 Å². The molecule has 0 spiro atoms. The number of alkyl halides is 6. The van der Waals surface area contributed by atoms with E-state index in [9.17, 15) is 35.9 Å². The normalized spacial score (nSPS) is 24.3. The van der Waals surface area contributed by atoms with Crippen LogP contribution in [0.2, 0.25) is 0 Å². The topological polar surface area (TPSA) is 71.1 Å². The van der Waals surface area contributed by atoms with Crippen molar-refractivity contribution in [2.24, 2.45) is 0 Å². The standard InChI is InChI=1S/C13H14F6O6/c1-6(20)22-5-9-8(23-7(2)21)3-4-10(24-9)25-11(12(14,15)16)13(17,18)19/h3-4,8-11H,5H2,1-2H3/t8-,9+,10-/m0/s1. The largest absolute Gasteiger partial charge is 0.463 e. The van der Waals surface area contributed by atoms with E-state index in [1.807, 2.05) is 0 Å². The van der Waals surface area contributed by atoms with E-state index < -0.39 is 55.5 Å². The molecule has 1 aliphatic rings. The molecule has 1 aliphatic heterocycles. The average Bonchev–Trinajstić information content (AvgIpc) is 2.41. The number of rotatable bonds is 5. The van der Waals surface area contributed by atoms with Crippen LogP contribution in [-0.4, -0.2) is 55.5 Å². The second-order valence-corrected chi connectivity index (χ2v) is 4.90. The highest BCUT2D eigenvalue weighted by Crippen LogP contribution is 2.37. The van der Waals surface area contributed by atoms with Crippen LogP contribution >= 0.6 is 0 Å². The molecule has 6 nitrogen and oxygen atoms in total. The van der Waals surface area contributed by atoms with Crippen molar-refractivity contribution in [1.29, 1.82) is 0 Å². The van der Waals surface area contributed by atoms with Gasteiger partial charge in [-0.05, 0) is 12.2 Å². The summed E-state index contributed by atoms with van der Waals surface area (Å²) in [6.45, 7) is 1.49. The van der Waals surface area contributed by atoms with Crippen molar-refractivity contribution in [3.05, 3.63) is 12.2 Å². The van der Waals surface area contributed by atoms with Gasteiger partial charge in [0, 0.05) is 13.8 Å². The molecular weight excluding hydrogens is 366 g/mol. The first-order chi connectivity index (χ1) is 11.3. The van der Waals surface area contributed by atoms with Gasteiger partial charge in [0.1, 0.15) is 18.8 Å². The number of carbonyl (C=O) groups is 2. The Kier molecular flexibility index (Phi) is 6.82. The minimum Gasteiger partial charge on any atom is -0.463 e. The Morgan fingerprint density at radius 2 is 1.60 bits per heavy atom. The van der Waals surface area contributed by atoms with Crippen molar-refractivity contribution in [3.8, 4) is 0 Å². The van der Waals surface area contributed by atoms with Gasteiger partial charge in [-0.1, -0.05) is 0 Å². The maximum atomic E-state index is 12.5. The molecule has 0 unspecified atom stereocenters. The van der Waals surface area contributed by atoms with Crippen molar-refractivity contribution in [2.75, 3.05) is 6.61 Å². The SMILES string of the molecule is CC(=O)OC[C@H]1O[C@@H](OC(C(F)(F)F)C(F)(F)F)C=C[C@@H]1OC(C)=O. The second-order valence-electron chi connectivity index (χ2n) is 4.90. The van der Waals surface area contributed by atoms with Crippen molar-refractivity contribution in [3.63, 3.8) is 0 Å². The molecule has 0 N–H and O–H groups in total. The Bertz CT molecular complexity index is 500. The van der Waals surface area contributed by atoms with E-state index in [2.05, 4.69) is 9.47 Å². The molecule has 1 heterocycles. The summed E-state index contributed by atoms with van der Waals surface area (Å²) in [5, 5.41) is 0. The fraction of sp³-hybridized carbons (Fsp3) is 0.692. The molecule has 12 heteroatoms. The number of hydrogen-bond acceptors (Lipinski definition) is 6. The maximum Gasteiger partial charge on any atom is 0.423 e. The summed E-state index contributed by atoms with van der Waals surface area (Å²) in [4.78, 5) is 21.8. The summed E-state index contributed by atoms with van der Waals surface area (Å²) in [6, 6.07) is 0. The lowest BCUT2D eigenvalue weighted by atomic mass is 10.1. The van der Waals surface area contributed by atoms with Gasteiger partial charge in [-0.2, -0.15) is 26.3 Å². The number of hydrogen-bond donors (Lipinski definition) is 0. The minimum absolute atomic E-state index is 0.569. The zero-order valence-corrected chi connectivity index (χ0v) is 12.9. The van der Waals surface area contributed by atoms with Crippen LogP contribution in [0, 0.1) is 0 Å². The number of halogens is 6. The Morgan fingerprint density at radius 3 is 2.04 bits per heavy atom. The molecule has 0 fully saturated rings. The minimum atomic E-state index is -5.71. The maximum absolute atomic E-state index is 12.5. The van der Waals surface area contributed by atoms with Crippen LogP contribution in [0.3, 0.4) is 0 Å². The molecule has 25 heavy (non-hydrogen) atoms. The van der Waals surface area contributed by atoms with Crippen LogP contribution in [0.5, 0.6) is 0 Å². The first-order valence-electron chi connectivity index (χ1n) is 6.74. The van der Waals surface area contributed by atoms with E-state index in [0.29, 0.717) is 0 Å². The van der Waals surface area contributed by atoms with Gasteiger partial charge in [0.15, 0.2) is 6.29 Å². The van der Waals surface area contributed by atoms with Gasteiger partial charge >= 0.3 is 24.3 Å². The fourth-order valence-electron chi connectivity index (χ4n) is 1.81. The van der Waals surface area contributed by atoms with Gasteiger partial charge in [-0.15, -0.1) is 0 Å². The number of esters is 2. The zero-order valence-electron chi connectivity index (χ0n) is 12.9. The Hall–Kier alpha value is -1.82. The third-order valence-corrected chi connectivity index (χ3v) is 2.75. The summed E-state index contributed by atoms with van der Waals surface area (Å²) >= 11 is 0. The van der Waals surface area contributed by atoms with Gasteiger partial charge in [0.25, 0.3) is 6.10 Å². The fourth-order valence-corrected chi connectivity index (χ4v) is 1.81. The smallest absolute Gasteiger partial charge is 0.423 e. The molecule has 0 aromatic heterocycles. The molecule has 3 atom stereocenters. The lowest BCUT2D eigenvalue weighted by Gasteiger charge is -2.33. The molecule has 0 radical (unpaired) electrons. The van der Waals surface area contributed by atoms with Gasteiger partial charge in [0.05, 0.1) is 0 Å². The molecule has 0 aliphatic carbocycles. The molecular formula is C13H14F6O6. The lowest BCUT2D eigenvalue weighted by molar-refractivity contribution is -0.352. The van der Waals surface area contributed by atoms with Crippen LogP contribution in [0.4, 0.5) is 26.3 Å². The van der Waals surface area contributed by atoms with Gasteiger partial charge in [-0.25, -0.2) is 0 Å². The van der Waals surface area contributed by atoms with Gasteiger partial charge in [-0.3, -0.25) is 9.59 Å². The summed E-state index contributed by atoms with van der Waals surface area (Å²) in [6.07, 6.45) is -18.3. The van der Waals surface area contributed by atoms with E-state index in [1.165, 1.54) is 0 Å². The van der Waals surface area contributed by atoms with E-state index in [-0.39, 0.29) is 0 Å². The van der Waals surface area contributed by atoms with Crippen LogP contribution in [-0.2, 0) is 28.5 Å². The van der Waals surface area contributed by atoms with Crippen molar-refractivity contribution in [1.82, 2.24) is 0 Å². The quantitative estimate of drug-likeness (QED) is 0.414. The molecule has 0 bridgehead atoms. The predicted molar refractivity (Wildman–Crippen MR) is 67.0 cm³/mol. The van der Waals surface area contributed by atoms with Crippen molar-refractivity contribution < 1.29 is 54.9 Å². The average molecular weight is 380 g/mol. The molecule has 0 saturated carbocycles. The van der Waals surface area contributed by atoms with Crippen molar-refractivity contribution in [2.45, 2.75) is 50.8 Å². The van der Waals surface area contributed by atoms with Crippen LogP contribution in [0.25, 0.3) is 0 Å². The van der Waals surface area contributed by atoms with E-state index in [4.69, 9.17) is 9.47 Å². The summed E-state index contributed by atoms with van der Waals surface area (Å²) in [7, 11) is 0. The third kappa shape index (κ3) is 6.90. The van der Waals surface area contributed by atoms with Crippen LogP contribution in [0.1, 0.15) is 13.8 Å². The van der Waals surface area contributed by atoms with Gasteiger partial charge in [0.2, 0.25) is 0 Å². The van der Waals surface area contributed by atoms with E-state index in [0.717, 1.165) is 26.0 Å². The third-order valence-electron chi connectivity index (χ3n) is 2.75. The highest BCUT2D eigenvalue weighted by atomic mass is 19.4. The Balaban J connectivity index is 2.90. The predicted octanol–water partition coefficient (Wildman–Crippen LogP) is 2.27. The molecule has 144 valence electrons. The van der Waals surface area contributed by atoms with Crippen LogP contribution in [0.15, 0.2) is 12.2 Å². The molecule has 1 rings (SSSR count). The first kappa shape index (κ1) is 21.2. The molecule has 0 amide bonds. The number of ether oxygens (including phenoxy) is 4. The van der Waals surface area contributed by atoms with E-state index >= 15 is 0 Å². The Labute approximate surface area is 137 Å². The van der Waals surface area contributed by atoms with Gasteiger partial charge < -0.3 is 18.9 Å². The second kappa shape index (κ2) is 8.04. The summed E-state index contributed by atoms with van der Waals surface area (Å²) in [5.74, 6) is -1.56. The highest BCUT2D eigenvalue weighted by molar-refractivity contribution is 5.66. The molecule has 0 aromatic rings. The summed E-state index contributed by atoms with van der Waals surface area (Å²) in [5.41, 5.74) is 0. The molecule has 0 saturated heterocycles. The summed E-state index contributed by atoms with van der Waals surface area (Å²) < 4.78 is 93.3. The van der Waals surface area contributed by atoms with E-state index in [1.54, 1.807) is 0 Å². The first-order valence-corrected chi connectivity index (χ1v) is 6.74. The number of carbonyl (C=O) groups excluding carboxylic acids is 2. The highest BCUT2D eigenvalue weighted by Gasteiger charge is 2.59. The Morgan fingerprint density at radius 1 is 1.04 bits per heavy atom. The lowest BCUT2D eigenvalue weighted by Crippen LogP contribution is -2.49. The van der Waals surface area contributed by atoms with Crippen LogP contribution < -0.4 is 0 Å². The molecule has 0 aromatic carbocycles. The zero-order chi connectivity index (χ0) is 19.4.